The number of hydrogen-bond donors (Lipinski definition) is 1. The van der Waals surface area contributed by atoms with E-state index in [1.807, 2.05) is 0 Å². The van der Waals surface area contributed by atoms with Gasteiger partial charge in [0.1, 0.15) is 5.82 Å². The first kappa shape index (κ1) is 11.6. The molecule has 4 nitrogen and oxygen atoms in total. The Balaban J connectivity index is 3.28. The third-order valence-corrected chi connectivity index (χ3v) is 2.46. The van der Waals surface area contributed by atoms with Gasteiger partial charge in [-0.1, -0.05) is 0 Å². The van der Waals surface area contributed by atoms with Crippen LogP contribution in [0.3, 0.4) is 0 Å². The van der Waals surface area contributed by atoms with Crippen LogP contribution in [0.15, 0.2) is 18.2 Å². The van der Waals surface area contributed by atoms with E-state index in [9.17, 15) is 14.5 Å². The predicted octanol–water partition coefficient (Wildman–Crippen LogP) is 2.19. The Morgan fingerprint density at radius 1 is 1.47 bits per heavy atom. The standard InChI is InChI=1S/C10H13FN2O2/c1-10(2,12-3)8-6-7(13(14)15)4-5-9(8)11/h4-6,12H,1-3H3. The Labute approximate surface area is 87.3 Å². The molecule has 1 N–H and O–H groups in total. The molecule has 0 aromatic heterocycles. The zero-order valence-electron chi connectivity index (χ0n) is 8.87. The fraction of sp³-hybridized carbons (Fsp3) is 0.400. The van der Waals surface area contributed by atoms with Crippen molar-refractivity contribution in [2.45, 2.75) is 19.4 Å². The third-order valence-electron chi connectivity index (χ3n) is 2.46. The highest BCUT2D eigenvalue weighted by Gasteiger charge is 2.24. The van der Waals surface area contributed by atoms with Gasteiger partial charge in [0.05, 0.1) is 4.92 Å². The van der Waals surface area contributed by atoms with E-state index in [-0.39, 0.29) is 5.69 Å². The second kappa shape index (κ2) is 3.94. The monoisotopic (exact) mass is 212 g/mol. The molecule has 0 saturated heterocycles. The Hall–Kier alpha value is -1.49. The molecule has 15 heavy (non-hydrogen) atoms. The second-order valence-corrected chi connectivity index (χ2v) is 3.80. The number of nitrogens with zero attached hydrogens (tertiary/aromatic N) is 1. The lowest BCUT2D eigenvalue weighted by Crippen LogP contribution is -2.34. The van der Waals surface area contributed by atoms with Gasteiger partial charge >= 0.3 is 0 Å². The molecule has 1 aromatic carbocycles. The Kier molecular flexibility index (Phi) is 3.04. The minimum absolute atomic E-state index is 0.102. The molecular formula is C10H13FN2O2. The van der Waals surface area contributed by atoms with Gasteiger partial charge in [0.25, 0.3) is 5.69 Å². The van der Waals surface area contributed by atoms with Gasteiger partial charge in [0.2, 0.25) is 0 Å². The van der Waals surface area contributed by atoms with Crippen LogP contribution in [0.4, 0.5) is 10.1 Å². The van der Waals surface area contributed by atoms with Crippen LogP contribution in [0, 0.1) is 15.9 Å². The smallest absolute Gasteiger partial charge is 0.269 e. The number of nitro benzene ring substituents is 1. The largest absolute Gasteiger partial charge is 0.311 e. The van der Waals surface area contributed by atoms with Crippen molar-refractivity contribution >= 4 is 5.69 Å². The van der Waals surface area contributed by atoms with Gasteiger partial charge in [-0.3, -0.25) is 10.1 Å². The molecule has 0 fully saturated rings. The number of halogens is 1. The third kappa shape index (κ3) is 2.30. The van der Waals surface area contributed by atoms with E-state index in [1.54, 1.807) is 20.9 Å². The summed E-state index contributed by atoms with van der Waals surface area (Å²) in [4.78, 5) is 10.0. The summed E-state index contributed by atoms with van der Waals surface area (Å²) in [5.41, 5.74) is -0.440. The van der Waals surface area contributed by atoms with E-state index in [2.05, 4.69) is 5.32 Å². The zero-order chi connectivity index (χ0) is 11.6. The summed E-state index contributed by atoms with van der Waals surface area (Å²) in [7, 11) is 1.68. The van der Waals surface area contributed by atoms with E-state index < -0.39 is 16.3 Å². The summed E-state index contributed by atoms with van der Waals surface area (Å²) in [6.45, 7) is 3.52. The van der Waals surface area contributed by atoms with Gasteiger partial charge in [-0.25, -0.2) is 4.39 Å². The van der Waals surface area contributed by atoms with Crippen molar-refractivity contribution in [3.05, 3.63) is 39.7 Å². The SMILES string of the molecule is CNC(C)(C)c1cc([N+](=O)[O-])ccc1F. The maximum absolute atomic E-state index is 13.5. The van der Waals surface area contributed by atoms with Crippen LogP contribution in [0.25, 0.3) is 0 Å². The predicted molar refractivity (Wildman–Crippen MR) is 55.1 cm³/mol. The zero-order valence-corrected chi connectivity index (χ0v) is 8.87. The summed E-state index contributed by atoms with van der Waals surface area (Å²) in [6.07, 6.45) is 0. The first-order chi connectivity index (χ1) is 6.88. The first-order valence-electron chi connectivity index (χ1n) is 4.52. The molecule has 82 valence electrons. The highest BCUT2D eigenvalue weighted by atomic mass is 19.1. The molecular weight excluding hydrogens is 199 g/mol. The van der Waals surface area contributed by atoms with Crippen molar-refractivity contribution in [2.24, 2.45) is 0 Å². The van der Waals surface area contributed by atoms with Crippen LogP contribution in [-0.4, -0.2) is 12.0 Å². The molecule has 0 aliphatic carbocycles. The Morgan fingerprint density at radius 3 is 2.53 bits per heavy atom. The van der Waals surface area contributed by atoms with Crippen LogP contribution >= 0.6 is 0 Å². The van der Waals surface area contributed by atoms with E-state index in [4.69, 9.17) is 0 Å². The number of benzene rings is 1. The molecule has 0 amide bonds. The number of rotatable bonds is 3. The van der Waals surface area contributed by atoms with E-state index in [1.165, 1.54) is 6.07 Å². The summed E-state index contributed by atoms with van der Waals surface area (Å²) in [6, 6.07) is 3.53. The molecule has 1 aromatic rings. The Bertz CT molecular complexity index is 391. The minimum Gasteiger partial charge on any atom is -0.311 e. The van der Waals surface area contributed by atoms with Crippen molar-refractivity contribution < 1.29 is 9.31 Å². The van der Waals surface area contributed by atoms with E-state index >= 15 is 0 Å². The molecule has 0 atom stereocenters. The lowest BCUT2D eigenvalue weighted by molar-refractivity contribution is -0.385. The van der Waals surface area contributed by atoms with Crippen LogP contribution in [0.2, 0.25) is 0 Å². The minimum atomic E-state index is -0.629. The van der Waals surface area contributed by atoms with Gasteiger partial charge in [-0.2, -0.15) is 0 Å². The normalized spacial score (nSPS) is 11.5. The average molecular weight is 212 g/mol. The number of nitrogens with one attached hydrogen (secondary N) is 1. The molecule has 0 unspecified atom stereocenters. The summed E-state index contributed by atoms with van der Waals surface area (Å²) >= 11 is 0. The average Bonchev–Trinajstić information content (AvgIpc) is 2.17. The molecule has 0 radical (unpaired) electrons. The lowest BCUT2D eigenvalue weighted by atomic mass is 9.93. The van der Waals surface area contributed by atoms with Gasteiger partial charge in [-0.15, -0.1) is 0 Å². The van der Waals surface area contributed by atoms with Gasteiger partial charge in [-0.05, 0) is 27.0 Å². The maximum Gasteiger partial charge on any atom is 0.269 e. The Morgan fingerprint density at radius 2 is 2.07 bits per heavy atom. The molecule has 0 bridgehead atoms. The van der Waals surface area contributed by atoms with Gasteiger partial charge in [0.15, 0.2) is 0 Å². The van der Waals surface area contributed by atoms with E-state index in [0.29, 0.717) is 5.56 Å². The van der Waals surface area contributed by atoms with Crippen LogP contribution in [-0.2, 0) is 5.54 Å². The van der Waals surface area contributed by atoms with Crippen LogP contribution < -0.4 is 5.32 Å². The first-order valence-corrected chi connectivity index (χ1v) is 4.52. The number of hydrogen-bond acceptors (Lipinski definition) is 3. The molecule has 0 heterocycles. The summed E-state index contributed by atoms with van der Waals surface area (Å²) < 4.78 is 13.5. The van der Waals surface area contributed by atoms with Crippen molar-refractivity contribution in [3.8, 4) is 0 Å². The quantitative estimate of drug-likeness (QED) is 0.617. The lowest BCUT2D eigenvalue weighted by Gasteiger charge is -2.24. The molecule has 0 spiro atoms. The molecule has 0 aliphatic rings. The van der Waals surface area contributed by atoms with Crippen LogP contribution in [0.5, 0.6) is 0 Å². The number of non-ortho nitro benzene ring substituents is 1. The summed E-state index contributed by atoms with van der Waals surface area (Å²) in [5, 5.41) is 13.4. The van der Waals surface area contributed by atoms with Crippen LogP contribution in [0.1, 0.15) is 19.4 Å². The maximum atomic E-state index is 13.5. The van der Waals surface area contributed by atoms with Gasteiger partial charge in [0, 0.05) is 23.2 Å². The molecule has 0 aliphatic heterocycles. The van der Waals surface area contributed by atoms with Crippen molar-refractivity contribution in [1.82, 2.24) is 5.32 Å². The molecule has 1 rings (SSSR count). The highest BCUT2D eigenvalue weighted by Crippen LogP contribution is 2.26. The fourth-order valence-electron chi connectivity index (χ4n) is 1.24. The highest BCUT2D eigenvalue weighted by molar-refractivity contribution is 5.38. The molecule has 5 heteroatoms. The van der Waals surface area contributed by atoms with Gasteiger partial charge < -0.3 is 5.32 Å². The summed E-state index contributed by atoms with van der Waals surface area (Å²) in [5.74, 6) is -0.444. The van der Waals surface area contributed by atoms with Crippen molar-refractivity contribution in [1.29, 1.82) is 0 Å². The number of nitro groups is 1. The fourth-order valence-corrected chi connectivity index (χ4v) is 1.24. The molecule has 0 saturated carbocycles. The second-order valence-electron chi connectivity index (χ2n) is 3.80. The van der Waals surface area contributed by atoms with E-state index in [0.717, 1.165) is 12.1 Å². The van der Waals surface area contributed by atoms with Crippen molar-refractivity contribution in [2.75, 3.05) is 7.05 Å². The topological polar surface area (TPSA) is 55.2 Å². The van der Waals surface area contributed by atoms with Crippen molar-refractivity contribution in [3.63, 3.8) is 0 Å².